The smallest absolute Gasteiger partial charge is 0.320 e. The predicted molar refractivity (Wildman–Crippen MR) is 56.2 cm³/mol. The summed E-state index contributed by atoms with van der Waals surface area (Å²) in [5.74, 6) is 0.522. The van der Waals surface area contributed by atoms with E-state index in [0.717, 1.165) is 18.9 Å². The van der Waals surface area contributed by atoms with Crippen molar-refractivity contribution in [2.75, 3.05) is 13.6 Å². The lowest BCUT2D eigenvalue weighted by Gasteiger charge is -2.25. The molecule has 0 radical (unpaired) electrons. The van der Waals surface area contributed by atoms with Crippen molar-refractivity contribution in [3.63, 3.8) is 0 Å². The first-order chi connectivity index (χ1) is 6.50. The van der Waals surface area contributed by atoms with Crippen LogP contribution in [0.5, 0.6) is 0 Å². The van der Waals surface area contributed by atoms with Gasteiger partial charge in [-0.3, -0.25) is 9.69 Å². The third-order valence-corrected chi connectivity index (χ3v) is 2.75. The largest absolute Gasteiger partial charge is 0.480 e. The summed E-state index contributed by atoms with van der Waals surface area (Å²) in [6, 6.07) is -0.296. The highest BCUT2D eigenvalue weighted by Crippen LogP contribution is 2.30. The number of hydrogen-bond donors (Lipinski definition) is 1. The van der Waals surface area contributed by atoms with E-state index in [2.05, 4.69) is 13.8 Å². The first-order valence-electron chi connectivity index (χ1n) is 5.43. The van der Waals surface area contributed by atoms with E-state index in [1.54, 1.807) is 0 Å². The second-order valence-electron chi connectivity index (χ2n) is 4.87. The lowest BCUT2D eigenvalue weighted by Crippen LogP contribution is -2.40. The Labute approximate surface area is 86.1 Å². The van der Waals surface area contributed by atoms with Crippen LogP contribution in [0.2, 0.25) is 0 Å². The van der Waals surface area contributed by atoms with Gasteiger partial charge in [-0.2, -0.15) is 0 Å². The average molecular weight is 199 g/mol. The molecule has 1 unspecified atom stereocenters. The van der Waals surface area contributed by atoms with Gasteiger partial charge in [-0.15, -0.1) is 0 Å². The van der Waals surface area contributed by atoms with Crippen LogP contribution in [0.15, 0.2) is 0 Å². The molecule has 3 heteroatoms. The molecule has 1 atom stereocenters. The first kappa shape index (κ1) is 11.5. The molecule has 0 saturated heterocycles. The quantitative estimate of drug-likeness (QED) is 0.709. The summed E-state index contributed by atoms with van der Waals surface area (Å²) >= 11 is 0. The highest BCUT2D eigenvalue weighted by molar-refractivity contribution is 5.73. The summed E-state index contributed by atoms with van der Waals surface area (Å²) in [5.41, 5.74) is 0. The molecule has 1 aliphatic rings. The van der Waals surface area contributed by atoms with Gasteiger partial charge < -0.3 is 5.11 Å². The van der Waals surface area contributed by atoms with Gasteiger partial charge in [-0.25, -0.2) is 0 Å². The lowest BCUT2D eigenvalue weighted by molar-refractivity contribution is -0.143. The van der Waals surface area contributed by atoms with E-state index in [1.807, 2.05) is 11.9 Å². The average Bonchev–Trinajstić information content (AvgIpc) is 2.82. The van der Waals surface area contributed by atoms with Crippen molar-refractivity contribution in [3.8, 4) is 0 Å². The SMILES string of the molecule is CC(C)CC(C(=O)O)N(C)CC1CC1. The maximum Gasteiger partial charge on any atom is 0.320 e. The van der Waals surface area contributed by atoms with Gasteiger partial charge in [-0.05, 0) is 38.1 Å². The Hall–Kier alpha value is -0.570. The maximum absolute atomic E-state index is 11.0. The van der Waals surface area contributed by atoms with Gasteiger partial charge in [-0.1, -0.05) is 13.8 Å². The van der Waals surface area contributed by atoms with Gasteiger partial charge in [0.2, 0.25) is 0 Å². The molecule has 82 valence electrons. The van der Waals surface area contributed by atoms with Crippen LogP contribution in [0.1, 0.15) is 33.1 Å². The number of carboxylic acid groups (broad SMARTS) is 1. The van der Waals surface area contributed by atoms with E-state index in [4.69, 9.17) is 5.11 Å². The van der Waals surface area contributed by atoms with Crippen LogP contribution in [0, 0.1) is 11.8 Å². The van der Waals surface area contributed by atoms with Crippen molar-refractivity contribution in [2.24, 2.45) is 11.8 Å². The summed E-state index contributed by atoms with van der Waals surface area (Å²) in [4.78, 5) is 13.0. The molecular formula is C11H21NO2. The molecule has 0 amide bonds. The molecule has 1 fully saturated rings. The summed E-state index contributed by atoms with van der Waals surface area (Å²) in [7, 11) is 1.93. The van der Waals surface area contributed by atoms with E-state index in [-0.39, 0.29) is 6.04 Å². The minimum Gasteiger partial charge on any atom is -0.480 e. The number of likely N-dealkylation sites (N-methyl/N-ethyl adjacent to an activating group) is 1. The van der Waals surface area contributed by atoms with Crippen LogP contribution in [-0.2, 0) is 4.79 Å². The third-order valence-electron chi connectivity index (χ3n) is 2.75. The lowest BCUT2D eigenvalue weighted by atomic mass is 10.0. The maximum atomic E-state index is 11.0. The Balaban J connectivity index is 2.42. The van der Waals surface area contributed by atoms with Crippen molar-refractivity contribution in [3.05, 3.63) is 0 Å². The Morgan fingerprint density at radius 2 is 2.07 bits per heavy atom. The van der Waals surface area contributed by atoms with Crippen LogP contribution >= 0.6 is 0 Å². The number of nitrogens with zero attached hydrogens (tertiary/aromatic N) is 1. The highest BCUT2D eigenvalue weighted by Gasteiger charge is 2.29. The summed E-state index contributed by atoms with van der Waals surface area (Å²) in [6.45, 7) is 5.09. The zero-order valence-electron chi connectivity index (χ0n) is 9.36. The number of carbonyl (C=O) groups is 1. The van der Waals surface area contributed by atoms with Crippen LogP contribution in [0.4, 0.5) is 0 Å². The van der Waals surface area contributed by atoms with E-state index < -0.39 is 5.97 Å². The van der Waals surface area contributed by atoms with E-state index >= 15 is 0 Å². The zero-order chi connectivity index (χ0) is 10.7. The monoisotopic (exact) mass is 199 g/mol. The van der Waals surface area contributed by atoms with Gasteiger partial charge in [0.05, 0.1) is 0 Å². The summed E-state index contributed by atoms with van der Waals surface area (Å²) in [6.07, 6.45) is 3.30. The summed E-state index contributed by atoms with van der Waals surface area (Å²) in [5, 5.41) is 9.08. The Morgan fingerprint density at radius 1 is 1.50 bits per heavy atom. The van der Waals surface area contributed by atoms with Crippen LogP contribution in [0.3, 0.4) is 0 Å². The fourth-order valence-corrected chi connectivity index (χ4v) is 1.75. The molecule has 1 rings (SSSR count). The number of carboxylic acids is 1. The number of rotatable bonds is 6. The third kappa shape index (κ3) is 3.66. The zero-order valence-corrected chi connectivity index (χ0v) is 9.36. The fourth-order valence-electron chi connectivity index (χ4n) is 1.75. The van der Waals surface area contributed by atoms with Gasteiger partial charge in [0.15, 0.2) is 0 Å². The van der Waals surface area contributed by atoms with Crippen LogP contribution < -0.4 is 0 Å². The van der Waals surface area contributed by atoms with Crippen LogP contribution in [-0.4, -0.2) is 35.6 Å². The molecule has 0 aliphatic heterocycles. The molecule has 0 aromatic carbocycles. The van der Waals surface area contributed by atoms with Crippen molar-refractivity contribution in [1.82, 2.24) is 4.90 Å². The minimum atomic E-state index is -0.679. The van der Waals surface area contributed by atoms with Crippen LogP contribution in [0.25, 0.3) is 0 Å². The number of aliphatic carboxylic acids is 1. The topological polar surface area (TPSA) is 40.5 Å². The molecule has 14 heavy (non-hydrogen) atoms. The number of hydrogen-bond acceptors (Lipinski definition) is 2. The van der Waals surface area contributed by atoms with E-state index in [1.165, 1.54) is 12.8 Å². The highest BCUT2D eigenvalue weighted by atomic mass is 16.4. The molecular weight excluding hydrogens is 178 g/mol. The van der Waals surface area contributed by atoms with Gasteiger partial charge >= 0.3 is 5.97 Å². The molecule has 0 heterocycles. The molecule has 1 N–H and O–H groups in total. The molecule has 0 spiro atoms. The second kappa shape index (κ2) is 4.78. The van der Waals surface area contributed by atoms with E-state index in [9.17, 15) is 4.79 Å². The Morgan fingerprint density at radius 3 is 2.43 bits per heavy atom. The van der Waals surface area contributed by atoms with Gasteiger partial charge in [0.1, 0.15) is 6.04 Å². The summed E-state index contributed by atoms with van der Waals surface area (Å²) < 4.78 is 0. The van der Waals surface area contributed by atoms with E-state index in [0.29, 0.717) is 5.92 Å². The normalized spacial score (nSPS) is 18.9. The standard InChI is InChI=1S/C11H21NO2/c1-8(2)6-10(11(13)14)12(3)7-9-4-5-9/h8-10H,4-7H2,1-3H3,(H,13,14). The molecule has 0 aromatic heterocycles. The first-order valence-corrected chi connectivity index (χ1v) is 5.43. The molecule has 0 bridgehead atoms. The molecule has 0 aromatic rings. The molecule has 3 nitrogen and oxygen atoms in total. The molecule has 1 saturated carbocycles. The second-order valence-corrected chi connectivity index (χ2v) is 4.87. The van der Waals surface area contributed by atoms with Crippen molar-refractivity contribution >= 4 is 5.97 Å². The van der Waals surface area contributed by atoms with Gasteiger partial charge in [0, 0.05) is 6.54 Å². The molecule has 1 aliphatic carbocycles. The van der Waals surface area contributed by atoms with Crippen molar-refractivity contribution < 1.29 is 9.90 Å². The predicted octanol–water partition coefficient (Wildman–Crippen LogP) is 1.83. The van der Waals surface area contributed by atoms with Crippen molar-refractivity contribution in [1.29, 1.82) is 0 Å². The Bertz CT molecular complexity index is 199. The minimum absolute atomic E-state index is 0.296. The van der Waals surface area contributed by atoms with Crippen molar-refractivity contribution in [2.45, 2.75) is 39.2 Å². The van der Waals surface area contributed by atoms with Gasteiger partial charge in [0.25, 0.3) is 0 Å². The Kier molecular flexibility index (Phi) is 3.93. The fraction of sp³-hybridized carbons (Fsp3) is 0.909.